The summed E-state index contributed by atoms with van der Waals surface area (Å²) >= 11 is 2.98. The molecule has 1 rings (SSSR count). The third-order valence-electron chi connectivity index (χ3n) is 4.82. The number of nitrogens with zero attached hydrogens (tertiary/aromatic N) is 1. The molecule has 12 heteroatoms. The Balaban J connectivity index is 2.84. The average molecular weight is 465 g/mol. The second-order valence-corrected chi connectivity index (χ2v) is 8.97. The van der Waals surface area contributed by atoms with Crippen molar-refractivity contribution in [3.05, 3.63) is 0 Å². The van der Waals surface area contributed by atoms with Crippen molar-refractivity contribution in [3.8, 4) is 0 Å². The summed E-state index contributed by atoms with van der Waals surface area (Å²) in [5, 5.41) is 23.6. The van der Waals surface area contributed by atoms with E-state index in [9.17, 15) is 24.3 Å². The Bertz CT molecular complexity index is 609. The van der Waals surface area contributed by atoms with Gasteiger partial charge in [0.1, 0.15) is 24.2 Å². The average Bonchev–Trinajstić information content (AvgIpc) is 3.22. The number of carboxylic acids is 1. The number of aliphatic hydroxyl groups excluding tert-OH is 1. The number of aliphatic carboxylic acids is 1. The highest BCUT2D eigenvalue weighted by Crippen LogP contribution is 2.19. The largest absolute Gasteiger partial charge is 0.480 e. The van der Waals surface area contributed by atoms with E-state index in [0.717, 1.165) is 0 Å². The van der Waals surface area contributed by atoms with Gasteiger partial charge in [0.25, 0.3) is 0 Å². The highest BCUT2D eigenvalue weighted by atomic mass is 32.2. The number of carboxylic acid groups (broad SMARTS) is 1. The molecule has 0 aromatic rings. The van der Waals surface area contributed by atoms with Crippen LogP contribution in [-0.2, 0) is 19.2 Å². The number of aliphatic hydroxyl groups is 1. The smallest absolute Gasteiger partial charge is 0.326 e. The van der Waals surface area contributed by atoms with E-state index in [1.165, 1.54) is 28.4 Å². The first-order chi connectivity index (χ1) is 14.3. The molecule has 3 amide bonds. The zero-order valence-electron chi connectivity index (χ0n) is 17.3. The number of carbonyl (C=O) groups excluding carboxylic acids is 3. The zero-order chi connectivity index (χ0) is 22.7. The van der Waals surface area contributed by atoms with Gasteiger partial charge in [0.15, 0.2) is 0 Å². The Morgan fingerprint density at radius 2 is 1.70 bits per heavy atom. The van der Waals surface area contributed by atoms with Gasteiger partial charge in [0.05, 0.1) is 6.61 Å². The normalized spacial score (nSPS) is 19.1. The van der Waals surface area contributed by atoms with Crippen LogP contribution in [0.5, 0.6) is 0 Å². The number of hydrogen-bond donors (Lipinski definition) is 5. The Morgan fingerprint density at radius 1 is 1.10 bits per heavy atom. The van der Waals surface area contributed by atoms with Gasteiger partial charge in [0, 0.05) is 6.54 Å². The summed E-state index contributed by atoms with van der Waals surface area (Å²) in [7, 11) is 0. The summed E-state index contributed by atoms with van der Waals surface area (Å²) in [6.45, 7) is -0.170. The van der Waals surface area contributed by atoms with Crippen molar-refractivity contribution in [2.45, 2.75) is 49.9 Å². The third-order valence-corrected chi connectivity index (χ3v) is 6.11. The number of likely N-dealkylation sites (tertiary alicyclic amines) is 1. The fourth-order valence-corrected chi connectivity index (χ4v) is 4.07. The molecule has 4 atom stereocenters. The van der Waals surface area contributed by atoms with E-state index in [4.69, 9.17) is 10.8 Å². The monoisotopic (exact) mass is 464 g/mol. The van der Waals surface area contributed by atoms with Crippen LogP contribution in [0.2, 0.25) is 0 Å². The van der Waals surface area contributed by atoms with Crippen LogP contribution < -0.4 is 16.4 Å². The topological polar surface area (TPSA) is 162 Å². The first-order valence-electron chi connectivity index (χ1n) is 9.75. The van der Waals surface area contributed by atoms with E-state index < -0.39 is 54.5 Å². The van der Waals surface area contributed by atoms with Crippen molar-refractivity contribution in [1.29, 1.82) is 0 Å². The van der Waals surface area contributed by atoms with Crippen LogP contribution in [0.4, 0.5) is 0 Å². The second-order valence-electron chi connectivity index (χ2n) is 7.00. The molecule has 1 heterocycles. The molecular formula is C18H32N4O6S2. The molecule has 0 radical (unpaired) electrons. The van der Waals surface area contributed by atoms with Gasteiger partial charge in [-0.3, -0.25) is 14.4 Å². The van der Waals surface area contributed by atoms with Gasteiger partial charge in [-0.25, -0.2) is 4.79 Å². The number of amides is 3. The van der Waals surface area contributed by atoms with Crippen LogP contribution >= 0.6 is 23.5 Å². The van der Waals surface area contributed by atoms with Gasteiger partial charge in [0.2, 0.25) is 17.7 Å². The maximum Gasteiger partial charge on any atom is 0.326 e. The summed E-state index contributed by atoms with van der Waals surface area (Å²) in [4.78, 5) is 50.6. The van der Waals surface area contributed by atoms with Crippen molar-refractivity contribution in [2.75, 3.05) is 37.2 Å². The maximum absolute atomic E-state index is 12.8. The number of thioether (sulfide) groups is 2. The van der Waals surface area contributed by atoms with E-state index in [-0.39, 0.29) is 6.42 Å². The van der Waals surface area contributed by atoms with Crippen molar-refractivity contribution in [1.82, 2.24) is 15.5 Å². The Hall–Kier alpha value is -1.50. The maximum atomic E-state index is 12.8. The summed E-state index contributed by atoms with van der Waals surface area (Å²) in [5.74, 6) is -1.52. The molecule has 10 nitrogen and oxygen atoms in total. The molecule has 0 aromatic carbocycles. The second kappa shape index (κ2) is 13.7. The molecule has 1 aliphatic heterocycles. The molecule has 0 aromatic heterocycles. The third kappa shape index (κ3) is 7.97. The zero-order valence-corrected chi connectivity index (χ0v) is 19.0. The molecule has 0 bridgehead atoms. The molecule has 6 N–H and O–H groups in total. The lowest BCUT2D eigenvalue weighted by Gasteiger charge is -2.28. The Kier molecular flexibility index (Phi) is 12.1. The number of carbonyl (C=O) groups is 4. The van der Waals surface area contributed by atoms with Gasteiger partial charge in [-0.15, -0.1) is 0 Å². The molecule has 1 saturated heterocycles. The van der Waals surface area contributed by atoms with Gasteiger partial charge in [-0.1, -0.05) is 0 Å². The molecule has 30 heavy (non-hydrogen) atoms. The van der Waals surface area contributed by atoms with Crippen LogP contribution in [0, 0.1) is 0 Å². The predicted molar refractivity (Wildman–Crippen MR) is 117 cm³/mol. The summed E-state index contributed by atoms with van der Waals surface area (Å²) < 4.78 is 0. The molecule has 1 aliphatic rings. The van der Waals surface area contributed by atoms with Crippen LogP contribution in [0.15, 0.2) is 0 Å². The standard InChI is InChI=1S/C18H32N4O6S2/c1-29-8-5-12(15(24)21-13(18(27)28)6-9-30-2)20-16(25)14-4-3-7-22(14)17(26)11(19)10-23/h11-14,23H,3-10,19H2,1-2H3,(H,20,25)(H,21,24)(H,27,28). The SMILES string of the molecule is CSCCC(NC(=O)C(CCSC)NC(=O)C1CCCN1C(=O)C(N)CO)C(=O)O. The highest BCUT2D eigenvalue weighted by molar-refractivity contribution is 7.98. The number of rotatable bonds is 13. The van der Waals surface area contributed by atoms with Crippen LogP contribution in [-0.4, -0.2) is 100 Å². The highest BCUT2D eigenvalue weighted by Gasteiger charge is 2.37. The van der Waals surface area contributed by atoms with Crippen molar-refractivity contribution >= 4 is 47.2 Å². The molecular weight excluding hydrogens is 432 g/mol. The summed E-state index contributed by atoms with van der Waals surface area (Å²) in [5.41, 5.74) is 5.60. The van der Waals surface area contributed by atoms with Crippen LogP contribution in [0.25, 0.3) is 0 Å². The first kappa shape index (κ1) is 26.5. The quantitative estimate of drug-likeness (QED) is 0.227. The van der Waals surface area contributed by atoms with E-state index in [2.05, 4.69) is 10.6 Å². The Morgan fingerprint density at radius 3 is 2.23 bits per heavy atom. The fraction of sp³-hybridized carbons (Fsp3) is 0.778. The number of hydrogen-bond acceptors (Lipinski definition) is 8. The van der Waals surface area contributed by atoms with Crippen molar-refractivity contribution < 1.29 is 29.4 Å². The van der Waals surface area contributed by atoms with E-state index in [0.29, 0.717) is 37.3 Å². The summed E-state index contributed by atoms with van der Waals surface area (Å²) in [6.07, 6.45) is 5.35. The molecule has 0 saturated carbocycles. The van der Waals surface area contributed by atoms with Crippen LogP contribution in [0.3, 0.4) is 0 Å². The number of nitrogens with two attached hydrogens (primary N) is 1. The lowest BCUT2D eigenvalue weighted by Crippen LogP contribution is -2.57. The van der Waals surface area contributed by atoms with E-state index in [1.54, 1.807) is 0 Å². The lowest BCUT2D eigenvalue weighted by molar-refractivity contribution is -0.143. The number of nitrogens with one attached hydrogen (secondary N) is 2. The van der Waals surface area contributed by atoms with Crippen LogP contribution in [0.1, 0.15) is 25.7 Å². The molecule has 0 aliphatic carbocycles. The van der Waals surface area contributed by atoms with E-state index in [1.807, 2.05) is 12.5 Å². The van der Waals surface area contributed by atoms with Crippen molar-refractivity contribution in [3.63, 3.8) is 0 Å². The minimum atomic E-state index is -1.13. The minimum absolute atomic E-state index is 0.273. The minimum Gasteiger partial charge on any atom is -0.480 e. The van der Waals surface area contributed by atoms with E-state index >= 15 is 0 Å². The summed E-state index contributed by atoms with van der Waals surface area (Å²) in [6, 6.07) is -3.82. The lowest BCUT2D eigenvalue weighted by atomic mass is 10.1. The van der Waals surface area contributed by atoms with Crippen molar-refractivity contribution in [2.24, 2.45) is 5.73 Å². The molecule has 4 unspecified atom stereocenters. The predicted octanol–water partition coefficient (Wildman–Crippen LogP) is -1.14. The van der Waals surface area contributed by atoms with Gasteiger partial charge >= 0.3 is 5.97 Å². The fourth-order valence-electron chi connectivity index (χ4n) is 3.13. The molecule has 0 spiro atoms. The first-order valence-corrected chi connectivity index (χ1v) is 12.5. The molecule has 1 fully saturated rings. The molecule has 172 valence electrons. The van der Waals surface area contributed by atoms with Gasteiger partial charge in [-0.2, -0.15) is 23.5 Å². The van der Waals surface area contributed by atoms with Gasteiger partial charge in [-0.05, 0) is 49.7 Å². The van der Waals surface area contributed by atoms with Gasteiger partial charge < -0.3 is 31.5 Å². The Labute approximate surface area is 185 Å².